The zero-order chi connectivity index (χ0) is 17.9. The summed E-state index contributed by atoms with van der Waals surface area (Å²) >= 11 is 0. The highest BCUT2D eigenvalue weighted by molar-refractivity contribution is 5.54. The maximum Gasteiger partial charge on any atom is 0.244 e. The minimum absolute atomic E-state index is 0.0420. The number of nitrogens with zero attached hydrogens (tertiary/aromatic N) is 5. The quantitative estimate of drug-likeness (QED) is 0.690. The largest absolute Gasteiger partial charge is 0.338 e. The molecule has 0 amide bonds. The van der Waals surface area contributed by atoms with E-state index in [1.54, 1.807) is 18.2 Å². The van der Waals surface area contributed by atoms with E-state index in [2.05, 4.69) is 25.2 Å². The monoisotopic (exact) mass is 357 g/mol. The summed E-state index contributed by atoms with van der Waals surface area (Å²) in [6.45, 7) is 3.35. The summed E-state index contributed by atoms with van der Waals surface area (Å²) in [5, 5.41) is 7.92. The van der Waals surface area contributed by atoms with Gasteiger partial charge in [-0.1, -0.05) is 35.8 Å². The van der Waals surface area contributed by atoms with Crippen LogP contribution >= 0.6 is 0 Å². The van der Waals surface area contributed by atoms with Crippen LogP contribution in [0.15, 0.2) is 33.3 Å². The molecular formula is C18H20FN5O2. The Morgan fingerprint density at radius 3 is 2.85 bits per heavy atom. The zero-order valence-corrected chi connectivity index (χ0v) is 14.6. The average Bonchev–Trinajstić information content (AvgIpc) is 3.32. The molecule has 0 saturated carbocycles. The Kier molecular flexibility index (Phi) is 4.75. The minimum atomic E-state index is -0.367. The Balaban J connectivity index is 1.53. The second kappa shape index (κ2) is 7.33. The molecule has 2 aromatic heterocycles. The first-order chi connectivity index (χ1) is 12.7. The van der Waals surface area contributed by atoms with Crippen molar-refractivity contribution in [2.45, 2.75) is 45.2 Å². The molecule has 1 aromatic carbocycles. The lowest BCUT2D eigenvalue weighted by Gasteiger charge is -2.31. The van der Waals surface area contributed by atoms with E-state index in [1.807, 2.05) is 6.92 Å². The SMILES string of the molecule is CCc1noc(C2CCCCN2Cc2nc(-c3ccccc3F)no2)n1. The lowest BCUT2D eigenvalue weighted by Crippen LogP contribution is -2.33. The van der Waals surface area contributed by atoms with Crippen molar-refractivity contribution in [2.24, 2.45) is 0 Å². The number of halogens is 1. The molecular weight excluding hydrogens is 337 g/mol. The fraction of sp³-hybridized carbons (Fsp3) is 0.444. The molecule has 1 saturated heterocycles. The van der Waals surface area contributed by atoms with E-state index in [-0.39, 0.29) is 17.7 Å². The van der Waals surface area contributed by atoms with Gasteiger partial charge < -0.3 is 9.05 Å². The van der Waals surface area contributed by atoms with E-state index in [1.165, 1.54) is 6.07 Å². The third-order valence-electron chi connectivity index (χ3n) is 4.62. The maximum absolute atomic E-state index is 13.9. The molecule has 0 spiro atoms. The van der Waals surface area contributed by atoms with Crippen molar-refractivity contribution >= 4 is 0 Å². The Hall–Kier alpha value is -2.61. The normalized spacial score (nSPS) is 18.3. The Morgan fingerprint density at radius 1 is 1.15 bits per heavy atom. The van der Waals surface area contributed by atoms with Gasteiger partial charge in [0, 0.05) is 6.42 Å². The molecule has 1 atom stereocenters. The number of benzene rings is 1. The fourth-order valence-electron chi connectivity index (χ4n) is 3.25. The van der Waals surface area contributed by atoms with Gasteiger partial charge in [0.1, 0.15) is 5.82 Å². The van der Waals surface area contributed by atoms with Crippen molar-refractivity contribution in [1.29, 1.82) is 0 Å². The molecule has 3 heterocycles. The number of piperidine rings is 1. The number of rotatable bonds is 5. The van der Waals surface area contributed by atoms with Gasteiger partial charge >= 0.3 is 0 Å². The smallest absolute Gasteiger partial charge is 0.244 e. The summed E-state index contributed by atoms with van der Waals surface area (Å²) in [7, 11) is 0. The van der Waals surface area contributed by atoms with Crippen LogP contribution in [0.3, 0.4) is 0 Å². The number of hydrogen-bond acceptors (Lipinski definition) is 7. The summed E-state index contributed by atoms with van der Waals surface area (Å²) < 4.78 is 24.7. The lowest BCUT2D eigenvalue weighted by molar-refractivity contribution is 0.0986. The summed E-state index contributed by atoms with van der Waals surface area (Å²) in [5.74, 6) is 1.69. The highest BCUT2D eigenvalue weighted by Crippen LogP contribution is 2.31. The van der Waals surface area contributed by atoms with Gasteiger partial charge in [-0.05, 0) is 31.5 Å². The maximum atomic E-state index is 13.9. The lowest BCUT2D eigenvalue weighted by atomic mass is 10.0. The summed E-state index contributed by atoms with van der Waals surface area (Å²) in [6, 6.07) is 6.44. The van der Waals surface area contributed by atoms with Crippen LogP contribution in [0.4, 0.5) is 4.39 Å². The van der Waals surface area contributed by atoms with E-state index >= 15 is 0 Å². The molecule has 4 rings (SSSR count). The van der Waals surface area contributed by atoms with Gasteiger partial charge in [-0.2, -0.15) is 9.97 Å². The third-order valence-corrected chi connectivity index (χ3v) is 4.62. The van der Waals surface area contributed by atoms with E-state index in [0.717, 1.165) is 32.2 Å². The van der Waals surface area contributed by atoms with Crippen LogP contribution in [0.5, 0.6) is 0 Å². The second-order valence-corrected chi connectivity index (χ2v) is 6.38. The molecule has 0 N–H and O–H groups in total. The predicted octanol–water partition coefficient (Wildman–Crippen LogP) is 3.55. The summed E-state index contributed by atoms with van der Waals surface area (Å²) in [4.78, 5) is 11.0. The predicted molar refractivity (Wildman–Crippen MR) is 90.4 cm³/mol. The second-order valence-electron chi connectivity index (χ2n) is 6.38. The van der Waals surface area contributed by atoms with Gasteiger partial charge in [-0.15, -0.1) is 0 Å². The van der Waals surface area contributed by atoms with Gasteiger partial charge in [-0.25, -0.2) is 4.39 Å². The minimum Gasteiger partial charge on any atom is -0.338 e. The molecule has 8 heteroatoms. The standard InChI is InChI=1S/C18H20FN5O2/c1-2-15-20-18(26-22-15)14-9-5-6-10-24(14)11-16-21-17(23-25-16)12-7-3-4-8-13(12)19/h3-4,7-8,14H,2,5-6,9-11H2,1H3. The third kappa shape index (κ3) is 3.37. The Bertz CT molecular complexity index is 878. The van der Waals surface area contributed by atoms with Gasteiger partial charge in [0.2, 0.25) is 17.6 Å². The van der Waals surface area contributed by atoms with Crippen LogP contribution < -0.4 is 0 Å². The average molecular weight is 357 g/mol. The summed E-state index contributed by atoms with van der Waals surface area (Å²) in [5.41, 5.74) is 0.335. The van der Waals surface area contributed by atoms with Crippen molar-refractivity contribution in [3.63, 3.8) is 0 Å². The fourth-order valence-corrected chi connectivity index (χ4v) is 3.25. The van der Waals surface area contributed by atoms with Crippen LogP contribution in [0.1, 0.15) is 49.8 Å². The molecule has 136 valence electrons. The van der Waals surface area contributed by atoms with Crippen molar-refractivity contribution in [2.75, 3.05) is 6.54 Å². The molecule has 0 aliphatic carbocycles. The number of hydrogen-bond donors (Lipinski definition) is 0. The van der Waals surface area contributed by atoms with Crippen LogP contribution in [-0.4, -0.2) is 31.7 Å². The van der Waals surface area contributed by atoms with E-state index in [4.69, 9.17) is 9.05 Å². The van der Waals surface area contributed by atoms with E-state index in [0.29, 0.717) is 29.7 Å². The molecule has 1 aliphatic rings. The summed E-state index contributed by atoms with van der Waals surface area (Å²) in [6.07, 6.45) is 3.88. The van der Waals surface area contributed by atoms with Gasteiger partial charge in [-0.3, -0.25) is 4.90 Å². The molecule has 0 radical (unpaired) electrons. The molecule has 1 fully saturated rings. The molecule has 0 bridgehead atoms. The topological polar surface area (TPSA) is 81.1 Å². The highest BCUT2D eigenvalue weighted by Gasteiger charge is 2.30. The Labute approximate surface area is 150 Å². The first kappa shape index (κ1) is 16.8. The molecule has 7 nitrogen and oxygen atoms in total. The van der Waals surface area contributed by atoms with E-state index < -0.39 is 0 Å². The van der Waals surface area contributed by atoms with Crippen molar-refractivity contribution in [3.05, 3.63) is 47.7 Å². The number of aromatic nitrogens is 4. The van der Waals surface area contributed by atoms with Crippen molar-refractivity contribution < 1.29 is 13.4 Å². The van der Waals surface area contributed by atoms with Crippen LogP contribution in [0.2, 0.25) is 0 Å². The molecule has 3 aromatic rings. The Morgan fingerprint density at radius 2 is 2.04 bits per heavy atom. The zero-order valence-electron chi connectivity index (χ0n) is 14.6. The van der Waals surface area contributed by atoms with Gasteiger partial charge in [0.25, 0.3) is 0 Å². The van der Waals surface area contributed by atoms with E-state index in [9.17, 15) is 4.39 Å². The molecule has 1 aliphatic heterocycles. The number of aryl methyl sites for hydroxylation is 1. The first-order valence-electron chi connectivity index (χ1n) is 8.88. The molecule has 1 unspecified atom stereocenters. The van der Waals surface area contributed by atoms with Crippen LogP contribution in [-0.2, 0) is 13.0 Å². The van der Waals surface area contributed by atoms with Crippen molar-refractivity contribution in [1.82, 2.24) is 25.2 Å². The van der Waals surface area contributed by atoms with Gasteiger partial charge in [0.05, 0.1) is 18.2 Å². The van der Waals surface area contributed by atoms with Crippen LogP contribution in [0, 0.1) is 5.82 Å². The van der Waals surface area contributed by atoms with Crippen molar-refractivity contribution in [3.8, 4) is 11.4 Å². The van der Waals surface area contributed by atoms with Gasteiger partial charge in [0.15, 0.2) is 5.82 Å². The van der Waals surface area contributed by atoms with Crippen LogP contribution in [0.25, 0.3) is 11.4 Å². The first-order valence-corrected chi connectivity index (χ1v) is 8.88. The molecule has 26 heavy (non-hydrogen) atoms. The highest BCUT2D eigenvalue weighted by atomic mass is 19.1. The number of likely N-dealkylation sites (tertiary alicyclic amines) is 1.